The van der Waals surface area contributed by atoms with E-state index in [-0.39, 0.29) is 11.9 Å². The third kappa shape index (κ3) is 3.48. The molecule has 0 fully saturated rings. The molecule has 0 saturated heterocycles. The number of benzene rings is 1. The summed E-state index contributed by atoms with van der Waals surface area (Å²) >= 11 is 5.72. The molecule has 0 saturated carbocycles. The normalized spacial score (nSPS) is 10.4. The largest absolute Gasteiger partial charge is 0.407 e. The predicted octanol–water partition coefficient (Wildman–Crippen LogP) is 2.96. The predicted molar refractivity (Wildman–Crippen MR) is 80.7 cm³/mol. The number of carbonyl (C=O) groups is 1. The number of hydrogen-bond donors (Lipinski definition) is 1. The van der Waals surface area contributed by atoms with E-state index < -0.39 is 0 Å². The number of anilines is 1. The Morgan fingerprint density at radius 1 is 1.14 bits per heavy atom. The van der Waals surface area contributed by atoms with Gasteiger partial charge in [0.2, 0.25) is 5.89 Å². The number of aromatic nitrogens is 3. The number of carbonyl (C=O) groups excluding carboxylic acids is 1. The Hall–Kier alpha value is -2.73. The van der Waals surface area contributed by atoms with Gasteiger partial charge in [0, 0.05) is 11.8 Å². The molecule has 6 nitrogen and oxygen atoms in total. The zero-order chi connectivity index (χ0) is 15.4. The molecule has 1 N–H and O–H groups in total. The fourth-order valence-electron chi connectivity index (χ4n) is 1.82. The van der Waals surface area contributed by atoms with Gasteiger partial charge in [0.1, 0.15) is 5.15 Å². The highest BCUT2D eigenvalue weighted by atomic mass is 35.5. The van der Waals surface area contributed by atoms with E-state index in [0.29, 0.717) is 23.0 Å². The fourth-order valence-corrected chi connectivity index (χ4v) is 1.93. The number of rotatable bonds is 4. The molecule has 7 heteroatoms. The van der Waals surface area contributed by atoms with E-state index in [0.717, 1.165) is 5.56 Å². The minimum Gasteiger partial charge on any atom is -0.407 e. The standard InChI is InChI=1S/C15H11ClN4O2/c16-12-7-6-10(9-17-12)8-13-19-20-15(22-13)18-14(21)11-4-2-1-3-5-11/h1-7,9H,8H2,(H,18,20,21). The monoisotopic (exact) mass is 314 g/mol. The molecule has 3 aromatic rings. The second-order valence-electron chi connectivity index (χ2n) is 4.49. The summed E-state index contributed by atoms with van der Waals surface area (Å²) < 4.78 is 5.40. The molecule has 1 aromatic carbocycles. The Balaban J connectivity index is 1.66. The van der Waals surface area contributed by atoms with Crippen LogP contribution in [0.1, 0.15) is 21.8 Å². The summed E-state index contributed by atoms with van der Waals surface area (Å²) in [4.78, 5) is 15.9. The molecule has 0 bridgehead atoms. The molecule has 0 aliphatic heterocycles. The summed E-state index contributed by atoms with van der Waals surface area (Å²) in [5.41, 5.74) is 1.40. The fraction of sp³-hybridized carbons (Fsp3) is 0.0667. The van der Waals surface area contributed by atoms with Gasteiger partial charge in [-0.2, -0.15) is 0 Å². The Kier molecular flexibility index (Phi) is 4.11. The summed E-state index contributed by atoms with van der Waals surface area (Å²) in [5, 5.41) is 10.7. The highest BCUT2D eigenvalue weighted by Crippen LogP contribution is 2.13. The first kappa shape index (κ1) is 14.2. The average molecular weight is 315 g/mol. The summed E-state index contributed by atoms with van der Waals surface area (Å²) in [7, 11) is 0. The number of pyridine rings is 1. The topological polar surface area (TPSA) is 80.9 Å². The van der Waals surface area contributed by atoms with Crippen molar-refractivity contribution >= 4 is 23.5 Å². The van der Waals surface area contributed by atoms with Gasteiger partial charge in [-0.25, -0.2) is 4.98 Å². The SMILES string of the molecule is O=C(Nc1nnc(Cc2ccc(Cl)nc2)o1)c1ccccc1. The molecule has 110 valence electrons. The summed E-state index contributed by atoms with van der Waals surface area (Å²) in [6.07, 6.45) is 2.05. The quantitative estimate of drug-likeness (QED) is 0.749. The van der Waals surface area contributed by atoms with Gasteiger partial charge in [0.25, 0.3) is 5.91 Å². The summed E-state index contributed by atoms with van der Waals surface area (Å²) in [6.45, 7) is 0. The van der Waals surface area contributed by atoms with E-state index in [2.05, 4.69) is 20.5 Å². The maximum Gasteiger partial charge on any atom is 0.322 e. The van der Waals surface area contributed by atoms with Crippen molar-refractivity contribution in [3.63, 3.8) is 0 Å². The van der Waals surface area contributed by atoms with E-state index in [1.807, 2.05) is 12.1 Å². The van der Waals surface area contributed by atoms with Crippen LogP contribution < -0.4 is 5.32 Å². The molecule has 0 aliphatic carbocycles. The van der Waals surface area contributed by atoms with Gasteiger partial charge in [-0.15, -0.1) is 5.10 Å². The minimum absolute atomic E-state index is 0.0609. The van der Waals surface area contributed by atoms with Crippen LogP contribution in [0.5, 0.6) is 0 Å². The second kappa shape index (κ2) is 6.36. The molecule has 2 heterocycles. The van der Waals surface area contributed by atoms with E-state index in [4.69, 9.17) is 16.0 Å². The van der Waals surface area contributed by atoms with Crippen LogP contribution in [0.3, 0.4) is 0 Å². The van der Waals surface area contributed by atoms with Crippen LogP contribution in [0.2, 0.25) is 5.15 Å². The summed E-state index contributed by atoms with van der Waals surface area (Å²) in [6, 6.07) is 12.4. The lowest BCUT2D eigenvalue weighted by molar-refractivity contribution is 0.102. The Morgan fingerprint density at radius 3 is 2.68 bits per heavy atom. The van der Waals surface area contributed by atoms with Crippen molar-refractivity contribution in [2.24, 2.45) is 0 Å². The van der Waals surface area contributed by atoms with Crippen LogP contribution in [0.15, 0.2) is 53.1 Å². The molecule has 1 amide bonds. The van der Waals surface area contributed by atoms with Crippen molar-refractivity contribution in [2.75, 3.05) is 5.32 Å². The van der Waals surface area contributed by atoms with E-state index in [1.165, 1.54) is 0 Å². The molecule has 0 unspecified atom stereocenters. The molecule has 0 spiro atoms. The molecule has 0 radical (unpaired) electrons. The molecule has 2 aromatic heterocycles. The van der Waals surface area contributed by atoms with Crippen LogP contribution in [-0.2, 0) is 6.42 Å². The zero-order valence-corrected chi connectivity index (χ0v) is 12.1. The molecule has 0 aliphatic rings. The smallest absolute Gasteiger partial charge is 0.322 e. The third-order valence-electron chi connectivity index (χ3n) is 2.87. The van der Waals surface area contributed by atoms with Crippen molar-refractivity contribution in [3.05, 3.63) is 70.8 Å². The van der Waals surface area contributed by atoms with Gasteiger partial charge >= 0.3 is 6.01 Å². The van der Waals surface area contributed by atoms with E-state index in [1.54, 1.807) is 36.5 Å². The number of nitrogens with one attached hydrogen (secondary N) is 1. The number of halogens is 1. The van der Waals surface area contributed by atoms with Crippen molar-refractivity contribution in [1.29, 1.82) is 0 Å². The maximum absolute atomic E-state index is 12.0. The highest BCUT2D eigenvalue weighted by Gasteiger charge is 2.11. The lowest BCUT2D eigenvalue weighted by Crippen LogP contribution is -2.11. The van der Waals surface area contributed by atoms with E-state index in [9.17, 15) is 4.79 Å². The maximum atomic E-state index is 12.0. The highest BCUT2D eigenvalue weighted by molar-refractivity contribution is 6.29. The first-order valence-electron chi connectivity index (χ1n) is 6.50. The lowest BCUT2D eigenvalue weighted by Gasteiger charge is -1.99. The van der Waals surface area contributed by atoms with Gasteiger partial charge in [-0.3, -0.25) is 10.1 Å². The lowest BCUT2D eigenvalue weighted by atomic mass is 10.2. The van der Waals surface area contributed by atoms with Crippen molar-refractivity contribution in [3.8, 4) is 0 Å². The summed E-state index contributed by atoms with van der Waals surface area (Å²) in [5.74, 6) is 0.0800. The third-order valence-corrected chi connectivity index (χ3v) is 3.09. The zero-order valence-electron chi connectivity index (χ0n) is 11.4. The Morgan fingerprint density at radius 2 is 1.95 bits per heavy atom. The second-order valence-corrected chi connectivity index (χ2v) is 4.87. The van der Waals surface area contributed by atoms with Crippen LogP contribution in [0, 0.1) is 0 Å². The molecular weight excluding hydrogens is 304 g/mol. The molecular formula is C15H11ClN4O2. The van der Waals surface area contributed by atoms with Gasteiger partial charge in [0.05, 0.1) is 6.42 Å². The van der Waals surface area contributed by atoms with E-state index >= 15 is 0 Å². The first-order valence-corrected chi connectivity index (χ1v) is 6.88. The Bertz CT molecular complexity index is 772. The van der Waals surface area contributed by atoms with Gasteiger partial charge < -0.3 is 4.42 Å². The van der Waals surface area contributed by atoms with Gasteiger partial charge in [-0.1, -0.05) is 41.0 Å². The van der Waals surface area contributed by atoms with Crippen LogP contribution in [-0.4, -0.2) is 21.1 Å². The Labute approximate surface area is 131 Å². The van der Waals surface area contributed by atoms with Crippen molar-refractivity contribution in [1.82, 2.24) is 15.2 Å². The van der Waals surface area contributed by atoms with Gasteiger partial charge in [-0.05, 0) is 23.8 Å². The van der Waals surface area contributed by atoms with Crippen molar-refractivity contribution in [2.45, 2.75) is 6.42 Å². The number of nitrogens with zero attached hydrogens (tertiary/aromatic N) is 3. The minimum atomic E-state index is -0.302. The first-order chi connectivity index (χ1) is 10.7. The average Bonchev–Trinajstić information content (AvgIpc) is 2.97. The van der Waals surface area contributed by atoms with Crippen molar-refractivity contribution < 1.29 is 9.21 Å². The van der Waals surface area contributed by atoms with Crippen LogP contribution in [0.4, 0.5) is 6.01 Å². The van der Waals surface area contributed by atoms with Crippen LogP contribution >= 0.6 is 11.6 Å². The van der Waals surface area contributed by atoms with Gasteiger partial charge in [0.15, 0.2) is 0 Å². The molecule has 0 atom stereocenters. The molecule has 3 rings (SSSR count). The molecule has 22 heavy (non-hydrogen) atoms. The number of amides is 1. The number of hydrogen-bond acceptors (Lipinski definition) is 5. The van der Waals surface area contributed by atoms with Crippen LogP contribution in [0.25, 0.3) is 0 Å².